The number of hydrogen-bond acceptors (Lipinski definition) is 4. The van der Waals surface area contributed by atoms with Gasteiger partial charge in [-0.1, -0.05) is 12.1 Å². The first-order chi connectivity index (χ1) is 10.0. The lowest BCUT2D eigenvalue weighted by molar-refractivity contribution is 0.608. The summed E-state index contributed by atoms with van der Waals surface area (Å²) in [6.07, 6.45) is 0. The fourth-order valence-corrected chi connectivity index (χ4v) is 2.23. The van der Waals surface area contributed by atoms with Crippen molar-refractivity contribution in [3.05, 3.63) is 57.3 Å². The van der Waals surface area contributed by atoms with Crippen LogP contribution in [0.15, 0.2) is 29.1 Å². The molecule has 3 rings (SSSR count). The Morgan fingerprint density at radius 2 is 2.00 bits per heavy atom. The molecule has 0 aliphatic carbocycles. The molecule has 0 radical (unpaired) electrons. The molecule has 0 bridgehead atoms. The molecule has 6 nitrogen and oxygen atoms in total. The standard InChI is InChI=1S/C14H14FN5O/c1-8-5-10(6-9(2)13(8)15)7-16-11-3-4-12-17-18-14(21)20(12)19-11/h3-6H,7H2,1-2H3,(H,16,19)(H,18,21). The molecular weight excluding hydrogens is 273 g/mol. The van der Waals surface area contributed by atoms with E-state index >= 15 is 0 Å². The van der Waals surface area contributed by atoms with E-state index in [1.165, 1.54) is 4.52 Å². The summed E-state index contributed by atoms with van der Waals surface area (Å²) in [7, 11) is 0. The average Bonchev–Trinajstić information content (AvgIpc) is 2.83. The van der Waals surface area contributed by atoms with Crippen LogP contribution >= 0.6 is 0 Å². The number of rotatable bonds is 3. The molecule has 108 valence electrons. The van der Waals surface area contributed by atoms with Crippen molar-refractivity contribution in [1.29, 1.82) is 0 Å². The number of aryl methyl sites for hydroxylation is 2. The number of anilines is 1. The monoisotopic (exact) mass is 287 g/mol. The lowest BCUT2D eigenvalue weighted by Crippen LogP contribution is -2.14. The summed E-state index contributed by atoms with van der Waals surface area (Å²) in [6, 6.07) is 7.00. The minimum atomic E-state index is -0.387. The molecule has 1 aromatic carbocycles. The van der Waals surface area contributed by atoms with Gasteiger partial charge in [0.25, 0.3) is 0 Å². The first-order valence-corrected chi connectivity index (χ1v) is 6.48. The van der Waals surface area contributed by atoms with Gasteiger partial charge in [-0.05, 0) is 42.7 Å². The van der Waals surface area contributed by atoms with Crippen molar-refractivity contribution in [3.63, 3.8) is 0 Å². The summed E-state index contributed by atoms with van der Waals surface area (Å²) < 4.78 is 14.8. The van der Waals surface area contributed by atoms with Gasteiger partial charge in [0.1, 0.15) is 11.6 Å². The van der Waals surface area contributed by atoms with E-state index in [0.717, 1.165) is 5.56 Å². The van der Waals surface area contributed by atoms with Crippen LogP contribution in [0.5, 0.6) is 0 Å². The first-order valence-electron chi connectivity index (χ1n) is 6.48. The third-order valence-corrected chi connectivity index (χ3v) is 3.24. The van der Waals surface area contributed by atoms with E-state index < -0.39 is 0 Å². The van der Waals surface area contributed by atoms with Gasteiger partial charge in [-0.3, -0.25) is 0 Å². The molecule has 21 heavy (non-hydrogen) atoms. The van der Waals surface area contributed by atoms with E-state index in [1.54, 1.807) is 38.1 Å². The van der Waals surface area contributed by atoms with Crippen molar-refractivity contribution in [2.75, 3.05) is 5.32 Å². The highest BCUT2D eigenvalue weighted by Gasteiger charge is 2.06. The van der Waals surface area contributed by atoms with Gasteiger partial charge in [-0.15, -0.1) is 5.10 Å². The second-order valence-electron chi connectivity index (χ2n) is 4.91. The molecule has 0 spiro atoms. The van der Waals surface area contributed by atoms with Crippen molar-refractivity contribution in [3.8, 4) is 0 Å². The van der Waals surface area contributed by atoms with Gasteiger partial charge in [-0.25, -0.2) is 14.3 Å². The Bertz CT molecular complexity index is 844. The Hall–Kier alpha value is -2.70. The number of H-pyrrole nitrogens is 1. The normalized spacial score (nSPS) is 11.0. The first kappa shape index (κ1) is 13.3. The molecule has 2 N–H and O–H groups in total. The van der Waals surface area contributed by atoms with Crippen molar-refractivity contribution >= 4 is 11.5 Å². The van der Waals surface area contributed by atoms with Gasteiger partial charge in [0.05, 0.1) is 0 Å². The Labute approximate surface area is 119 Å². The molecule has 0 amide bonds. The number of nitrogens with zero attached hydrogens (tertiary/aromatic N) is 3. The number of aromatic amines is 1. The van der Waals surface area contributed by atoms with Crippen LogP contribution < -0.4 is 11.0 Å². The largest absolute Gasteiger partial charge is 0.365 e. The molecule has 0 unspecified atom stereocenters. The van der Waals surface area contributed by atoms with Crippen LogP contribution in [0.2, 0.25) is 0 Å². The van der Waals surface area contributed by atoms with E-state index in [9.17, 15) is 9.18 Å². The maximum atomic E-state index is 13.6. The number of nitrogens with one attached hydrogen (secondary N) is 2. The average molecular weight is 287 g/mol. The summed E-state index contributed by atoms with van der Waals surface area (Å²) in [5, 5.41) is 13.4. The highest BCUT2D eigenvalue weighted by Crippen LogP contribution is 2.15. The Morgan fingerprint density at radius 1 is 1.29 bits per heavy atom. The zero-order chi connectivity index (χ0) is 15.0. The van der Waals surface area contributed by atoms with Crippen molar-refractivity contribution in [1.82, 2.24) is 19.8 Å². The van der Waals surface area contributed by atoms with E-state index in [0.29, 0.717) is 29.1 Å². The molecule has 0 atom stereocenters. The van der Waals surface area contributed by atoms with Crippen molar-refractivity contribution in [2.45, 2.75) is 20.4 Å². The predicted octanol–water partition coefficient (Wildman–Crippen LogP) is 1.79. The van der Waals surface area contributed by atoms with Gasteiger partial charge < -0.3 is 5.32 Å². The van der Waals surface area contributed by atoms with Crippen LogP contribution in [0, 0.1) is 19.7 Å². The maximum absolute atomic E-state index is 13.6. The molecule has 0 aliphatic heterocycles. The van der Waals surface area contributed by atoms with Gasteiger partial charge in [0.15, 0.2) is 5.65 Å². The summed E-state index contributed by atoms with van der Waals surface area (Å²) in [5.41, 5.74) is 2.25. The Balaban J connectivity index is 1.83. The highest BCUT2D eigenvalue weighted by molar-refractivity contribution is 5.43. The van der Waals surface area contributed by atoms with Crippen LogP contribution in [0.4, 0.5) is 10.2 Å². The molecule has 0 saturated carbocycles. The number of hydrogen-bond donors (Lipinski definition) is 2. The summed E-state index contributed by atoms with van der Waals surface area (Å²) >= 11 is 0. The van der Waals surface area contributed by atoms with E-state index in [1.807, 2.05) is 0 Å². The zero-order valence-electron chi connectivity index (χ0n) is 11.6. The molecule has 7 heteroatoms. The van der Waals surface area contributed by atoms with Crippen molar-refractivity contribution in [2.24, 2.45) is 0 Å². The molecule has 0 saturated heterocycles. The smallest absolute Gasteiger partial charge is 0.364 e. The number of aromatic nitrogens is 4. The second-order valence-corrected chi connectivity index (χ2v) is 4.91. The van der Waals surface area contributed by atoms with E-state index in [2.05, 4.69) is 20.6 Å². The van der Waals surface area contributed by atoms with Gasteiger partial charge >= 0.3 is 5.69 Å². The molecular formula is C14H14FN5O. The van der Waals surface area contributed by atoms with Gasteiger partial charge in [0.2, 0.25) is 0 Å². The van der Waals surface area contributed by atoms with Gasteiger partial charge in [-0.2, -0.15) is 9.61 Å². The summed E-state index contributed by atoms with van der Waals surface area (Å²) in [4.78, 5) is 11.4. The number of halogens is 1. The Morgan fingerprint density at radius 3 is 2.71 bits per heavy atom. The number of benzene rings is 1. The molecule has 0 fully saturated rings. The molecule has 2 aromatic heterocycles. The van der Waals surface area contributed by atoms with E-state index in [-0.39, 0.29) is 11.5 Å². The third-order valence-electron chi connectivity index (χ3n) is 3.24. The zero-order valence-corrected chi connectivity index (χ0v) is 11.6. The van der Waals surface area contributed by atoms with Gasteiger partial charge in [0, 0.05) is 6.54 Å². The minimum absolute atomic E-state index is 0.178. The maximum Gasteiger partial charge on any atom is 0.364 e. The predicted molar refractivity (Wildman–Crippen MR) is 76.8 cm³/mol. The summed E-state index contributed by atoms with van der Waals surface area (Å²) in [6.45, 7) is 3.97. The highest BCUT2D eigenvalue weighted by atomic mass is 19.1. The molecule has 2 heterocycles. The van der Waals surface area contributed by atoms with E-state index in [4.69, 9.17) is 0 Å². The SMILES string of the molecule is Cc1cc(CNc2ccc3n[nH]c(=O)n3n2)cc(C)c1F. The van der Waals surface area contributed by atoms with Crippen LogP contribution in [-0.4, -0.2) is 19.8 Å². The minimum Gasteiger partial charge on any atom is -0.365 e. The van der Waals surface area contributed by atoms with Crippen molar-refractivity contribution < 1.29 is 4.39 Å². The fraction of sp³-hybridized carbons (Fsp3) is 0.214. The number of fused-ring (bicyclic) bond motifs is 1. The topological polar surface area (TPSA) is 75.1 Å². The lowest BCUT2D eigenvalue weighted by Gasteiger charge is -2.08. The fourth-order valence-electron chi connectivity index (χ4n) is 2.23. The quantitative estimate of drug-likeness (QED) is 0.770. The molecule has 3 aromatic rings. The van der Waals surface area contributed by atoms with Crippen LogP contribution in [0.25, 0.3) is 5.65 Å². The van der Waals surface area contributed by atoms with Crippen LogP contribution in [0.3, 0.4) is 0 Å². The second kappa shape index (κ2) is 5.01. The lowest BCUT2D eigenvalue weighted by atomic mass is 10.1. The Kier molecular flexibility index (Phi) is 3.17. The van der Waals surface area contributed by atoms with Crippen LogP contribution in [0.1, 0.15) is 16.7 Å². The third kappa shape index (κ3) is 2.49. The van der Waals surface area contributed by atoms with Crippen LogP contribution in [-0.2, 0) is 6.54 Å². The molecule has 0 aliphatic rings. The summed E-state index contributed by atoms with van der Waals surface area (Å²) in [5.74, 6) is 0.369.